The fourth-order valence-electron chi connectivity index (χ4n) is 3.20. The van der Waals surface area contributed by atoms with Crippen LogP contribution in [0.4, 0.5) is 4.39 Å². The van der Waals surface area contributed by atoms with Crippen LogP contribution in [-0.2, 0) is 15.9 Å². The summed E-state index contributed by atoms with van der Waals surface area (Å²) in [6.45, 7) is 4.27. The number of methoxy groups -OCH3 is 1. The summed E-state index contributed by atoms with van der Waals surface area (Å²) in [4.78, 5) is 6.68. The van der Waals surface area contributed by atoms with E-state index >= 15 is 0 Å². The molecule has 1 aliphatic rings. The average Bonchev–Trinajstić information content (AvgIpc) is 2.66. The van der Waals surface area contributed by atoms with E-state index in [9.17, 15) is 4.39 Å². The van der Waals surface area contributed by atoms with Crippen LogP contribution in [0, 0.1) is 5.82 Å². The van der Waals surface area contributed by atoms with Crippen LogP contribution in [-0.4, -0.2) is 64.0 Å². The zero-order valence-corrected chi connectivity index (χ0v) is 16.0. The van der Waals surface area contributed by atoms with Gasteiger partial charge in [0.25, 0.3) is 0 Å². The Bertz CT molecular complexity index is 546. The second-order valence-electron chi connectivity index (χ2n) is 6.61. The number of halogens is 1. The number of piperidine rings is 1. The molecule has 1 fully saturated rings. The number of guanidine groups is 1. The number of aliphatic imine (C=N–C) groups is 1. The predicted octanol–water partition coefficient (Wildman–Crippen LogP) is 2.85. The van der Waals surface area contributed by atoms with Gasteiger partial charge in [0.2, 0.25) is 0 Å². The quantitative estimate of drug-likeness (QED) is 0.415. The minimum absolute atomic E-state index is 0.168. The van der Waals surface area contributed by atoms with Gasteiger partial charge in [0.05, 0.1) is 6.10 Å². The number of nitrogens with zero attached hydrogens (tertiary/aromatic N) is 2. The lowest BCUT2D eigenvalue weighted by atomic mass is 10.1. The number of likely N-dealkylation sites (tertiary alicyclic amines) is 1. The van der Waals surface area contributed by atoms with Gasteiger partial charge >= 0.3 is 0 Å². The second-order valence-corrected chi connectivity index (χ2v) is 6.61. The molecule has 1 aromatic rings. The first-order valence-corrected chi connectivity index (χ1v) is 9.53. The maximum atomic E-state index is 13.2. The third kappa shape index (κ3) is 7.30. The molecule has 0 unspecified atom stereocenters. The van der Waals surface area contributed by atoms with Crippen molar-refractivity contribution in [2.45, 2.75) is 38.2 Å². The van der Waals surface area contributed by atoms with Crippen molar-refractivity contribution in [1.82, 2.24) is 10.2 Å². The molecule has 0 spiro atoms. The maximum Gasteiger partial charge on any atom is 0.193 e. The van der Waals surface area contributed by atoms with Crippen LogP contribution < -0.4 is 5.32 Å². The summed E-state index contributed by atoms with van der Waals surface area (Å²) in [6.07, 6.45) is 5.15. The minimum atomic E-state index is -0.168. The Balaban J connectivity index is 1.63. The topological polar surface area (TPSA) is 46.1 Å². The van der Waals surface area contributed by atoms with E-state index in [1.807, 2.05) is 13.1 Å². The van der Waals surface area contributed by atoms with E-state index in [0.29, 0.717) is 6.10 Å². The normalized spacial score (nSPS) is 16.1. The van der Waals surface area contributed by atoms with Gasteiger partial charge in [-0.3, -0.25) is 4.99 Å². The Morgan fingerprint density at radius 1 is 1.27 bits per heavy atom. The van der Waals surface area contributed by atoms with E-state index in [1.165, 1.54) is 6.07 Å². The first-order valence-electron chi connectivity index (χ1n) is 9.53. The van der Waals surface area contributed by atoms with Gasteiger partial charge in [0, 0.05) is 47.0 Å². The van der Waals surface area contributed by atoms with E-state index < -0.39 is 0 Å². The second kappa shape index (κ2) is 11.9. The smallest absolute Gasteiger partial charge is 0.193 e. The SMILES string of the molecule is CN=C(NCCCc1cccc(F)c1)N1CCC(OCCCOC)CC1. The van der Waals surface area contributed by atoms with Crippen LogP contribution >= 0.6 is 0 Å². The highest BCUT2D eigenvalue weighted by molar-refractivity contribution is 5.79. The number of hydrogen-bond donors (Lipinski definition) is 1. The summed E-state index contributed by atoms with van der Waals surface area (Å²) < 4.78 is 24.1. The van der Waals surface area contributed by atoms with Crippen molar-refractivity contribution in [3.8, 4) is 0 Å². The summed E-state index contributed by atoms with van der Waals surface area (Å²) in [5, 5.41) is 3.42. The standard InChI is InChI=1S/C20H32FN3O2/c1-22-20(23-11-4-7-17-6-3-8-18(21)16-17)24-12-9-19(10-13-24)26-15-5-14-25-2/h3,6,8,16,19H,4-5,7,9-15H2,1-2H3,(H,22,23). The molecule has 0 amide bonds. The predicted molar refractivity (Wildman–Crippen MR) is 103 cm³/mol. The fraction of sp³-hybridized carbons (Fsp3) is 0.650. The zero-order valence-electron chi connectivity index (χ0n) is 16.0. The lowest BCUT2D eigenvalue weighted by Gasteiger charge is -2.34. The van der Waals surface area contributed by atoms with Crippen LogP contribution in [0.15, 0.2) is 29.3 Å². The van der Waals surface area contributed by atoms with Crippen LogP contribution in [0.5, 0.6) is 0 Å². The summed E-state index contributed by atoms with van der Waals surface area (Å²) in [6, 6.07) is 6.81. The van der Waals surface area contributed by atoms with Crippen LogP contribution in [0.25, 0.3) is 0 Å². The van der Waals surface area contributed by atoms with E-state index in [4.69, 9.17) is 9.47 Å². The molecule has 1 aliphatic heterocycles. The van der Waals surface area contributed by atoms with Crippen molar-refractivity contribution < 1.29 is 13.9 Å². The van der Waals surface area contributed by atoms with Crippen molar-refractivity contribution >= 4 is 5.96 Å². The molecule has 0 aliphatic carbocycles. The van der Waals surface area contributed by atoms with E-state index in [0.717, 1.165) is 76.5 Å². The Morgan fingerprint density at radius 3 is 2.77 bits per heavy atom. The first kappa shape index (κ1) is 20.6. The molecule has 0 saturated carbocycles. The highest BCUT2D eigenvalue weighted by Crippen LogP contribution is 2.14. The maximum absolute atomic E-state index is 13.2. The number of nitrogens with one attached hydrogen (secondary N) is 1. The van der Waals surface area contributed by atoms with E-state index in [2.05, 4.69) is 15.2 Å². The molecule has 2 rings (SSSR count). The van der Waals surface area contributed by atoms with Crippen molar-refractivity contribution in [1.29, 1.82) is 0 Å². The van der Waals surface area contributed by atoms with Gasteiger partial charge in [-0.15, -0.1) is 0 Å². The van der Waals surface area contributed by atoms with Gasteiger partial charge in [-0.1, -0.05) is 12.1 Å². The molecule has 1 heterocycles. The lowest BCUT2D eigenvalue weighted by molar-refractivity contribution is 0.00991. The van der Waals surface area contributed by atoms with Crippen molar-refractivity contribution in [2.75, 3.05) is 47.0 Å². The molecule has 1 N–H and O–H groups in total. The molecule has 1 saturated heterocycles. The summed E-state index contributed by atoms with van der Waals surface area (Å²) in [5.41, 5.74) is 1.04. The summed E-state index contributed by atoms with van der Waals surface area (Å²) in [7, 11) is 3.54. The molecule has 0 aromatic heterocycles. The molecule has 146 valence electrons. The Labute approximate surface area is 156 Å². The Kier molecular flexibility index (Phi) is 9.42. The molecular weight excluding hydrogens is 333 g/mol. The Morgan fingerprint density at radius 2 is 2.08 bits per heavy atom. The number of ether oxygens (including phenoxy) is 2. The van der Waals surface area contributed by atoms with Crippen molar-refractivity contribution in [3.05, 3.63) is 35.6 Å². The van der Waals surface area contributed by atoms with Crippen LogP contribution in [0.3, 0.4) is 0 Å². The van der Waals surface area contributed by atoms with Gasteiger partial charge < -0.3 is 19.7 Å². The first-order chi connectivity index (χ1) is 12.7. The molecule has 6 heteroatoms. The van der Waals surface area contributed by atoms with Crippen LogP contribution in [0.2, 0.25) is 0 Å². The van der Waals surface area contributed by atoms with E-state index in [1.54, 1.807) is 19.2 Å². The fourth-order valence-corrected chi connectivity index (χ4v) is 3.20. The van der Waals surface area contributed by atoms with Crippen molar-refractivity contribution in [3.63, 3.8) is 0 Å². The van der Waals surface area contributed by atoms with Gasteiger partial charge in [-0.05, 0) is 49.8 Å². The van der Waals surface area contributed by atoms with E-state index in [-0.39, 0.29) is 5.82 Å². The molecule has 0 bridgehead atoms. The lowest BCUT2D eigenvalue weighted by Crippen LogP contribution is -2.47. The third-order valence-electron chi connectivity index (χ3n) is 4.61. The van der Waals surface area contributed by atoms with Crippen molar-refractivity contribution in [2.24, 2.45) is 4.99 Å². The zero-order chi connectivity index (χ0) is 18.6. The minimum Gasteiger partial charge on any atom is -0.385 e. The number of hydrogen-bond acceptors (Lipinski definition) is 3. The van der Waals surface area contributed by atoms with Gasteiger partial charge in [-0.25, -0.2) is 4.39 Å². The van der Waals surface area contributed by atoms with Gasteiger partial charge in [0.1, 0.15) is 5.82 Å². The highest BCUT2D eigenvalue weighted by atomic mass is 19.1. The van der Waals surface area contributed by atoms with Gasteiger partial charge in [0.15, 0.2) is 5.96 Å². The monoisotopic (exact) mass is 365 g/mol. The Hall–Kier alpha value is -1.66. The number of rotatable bonds is 9. The molecule has 1 aromatic carbocycles. The van der Waals surface area contributed by atoms with Crippen LogP contribution in [0.1, 0.15) is 31.2 Å². The van der Waals surface area contributed by atoms with Gasteiger partial charge in [-0.2, -0.15) is 0 Å². The molecule has 0 atom stereocenters. The molecule has 0 radical (unpaired) electrons. The third-order valence-corrected chi connectivity index (χ3v) is 4.61. The number of benzene rings is 1. The molecule has 5 nitrogen and oxygen atoms in total. The highest BCUT2D eigenvalue weighted by Gasteiger charge is 2.21. The molecular formula is C20H32FN3O2. The summed E-state index contributed by atoms with van der Waals surface area (Å²) >= 11 is 0. The number of aryl methyl sites for hydroxylation is 1. The average molecular weight is 365 g/mol. The molecule has 26 heavy (non-hydrogen) atoms. The largest absolute Gasteiger partial charge is 0.385 e. The summed E-state index contributed by atoms with van der Waals surface area (Å²) in [5.74, 6) is 0.778.